The molecule has 56 heavy (non-hydrogen) atoms. The molecule has 0 spiro atoms. The number of aromatic nitrogens is 6. The van der Waals surface area contributed by atoms with Gasteiger partial charge in [-0.1, -0.05) is 0 Å². The van der Waals surface area contributed by atoms with E-state index in [1.807, 2.05) is 126 Å². The van der Waals surface area contributed by atoms with Crippen LogP contribution in [0.4, 0.5) is 0 Å². The quantitative estimate of drug-likeness (QED) is 0.132. The number of carbonyl (C=O) groups is 2. The predicted molar refractivity (Wildman–Crippen MR) is 190 cm³/mol. The van der Waals surface area contributed by atoms with Gasteiger partial charge in [0.1, 0.15) is 0 Å². The van der Waals surface area contributed by atoms with E-state index in [0.717, 1.165) is 22.3 Å². The van der Waals surface area contributed by atoms with Gasteiger partial charge in [0.25, 0.3) is 0 Å². The first-order chi connectivity index (χ1) is 24.6. The third-order valence-electron chi connectivity index (χ3n) is 8.16. The Kier molecular flexibility index (Phi) is 19.2. The number of carbonyl (C=O) groups excluding carboxylic acids is 2. The molecule has 286 valence electrons. The molecule has 4 aromatic carbocycles. The van der Waals surface area contributed by atoms with E-state index >= 15 is 0 Å². The van der Waals surface area contributed by atoms with E-state index in [2.05, 4.69) is 54.6 Å². The molecule has 2 heterocycles. The first kappa shape index (κ1) is 50.5. The molecule has 6 aromatic rings. The van der Waals surface area contributed by atoms with Crippen LogP contribution >= 0.6 is 0 Å². The molecule has 0 aliphatic heterocycles. The Hall–Kier alpha value is -3.49. The van der Waals surface area contributed by atoms with E-state index in [1.165, 1.54) is 12.7 Å². The SMILES string of the molecule is CC(C)(C)C(=O)[C]([Zn+2])(Oc1ccc(-c2ccccc2)cc1)c1nc[nH]n1.CC(C)(C)C(=O)[C]([Zn+2])(Oc1ccc(-c2ccccc2)cc1)c1nc[nH]n1.[Cl-].[Cl-].[Cl-].[Cl-]. The molecule has 2 N–H and O–H groups in total. The minimum Gasteiger partial charge on any atom is -1.00 e. The van der Waals surface area contributed by atoms with Gasteiger partial charge in [-0.25, -0.2) is 0 Å². The van der Waals surface area contributed by atoms with Crippen LogP contribution < -0.4 is 59.1 Å². The summed E-state index contributed by atoms with van der Waals surface area (Å²) in [5, 5.41) is 13.6. The van der Waals surface area contributed by atoms with Crippen LogP contribution in [0.5, 0.6) is 11.5 Å². The van der Waals surface area contributed by atoms with Gasteiger partial charge < -0.3 is 49.6 Å². The van der Waals surface area contributed by atoms with E-state index in [-0.39, 0.29) is 61.2 Å². The van der Waals surface area contributed by atoms with E-state index < -0.39 is 19.2 Å². The van der Waals surface area contributed by atoms with Gasteiger partial charge in [-0.05, 0) is 0 Å². The summed E-state index contributed by atoms with van der Waals surface area (Å²) in [5.41, 5.74) is 3.32. The maximum absolute atomic E-state index is 13.1. The largest absolute Gasteiger partial charge is 1.00 e. The van der Waals surface area contributed by atoms with Crippen molar-refractivity contribution in [2.75, 3.05) is 0 Å². The van der Waals surface area contributed by atoms with Crippen LogP contribution in [0.15, 0.2) is 122 Å². The molecule has 16 heteroatoms. The minimum atomic E-state index is -1.15. The number of hydrogen-bond donors (Lipinski definition) is 2. The molecular weight excluding hydrogens is 901 g/mol. The second-order valence-electron chi connectivity index (χ2n) is 14.4. The van der Waals surface area contributed by atoms with Crippen molar-refractivity contribution in [3.63, 3.8) is 0 Å². The maximum atomic E-state index is 13.1. The van der Waals surface area contributed by atoms with Gasteiger partial charge in [0.15, 0.2) is 0 Å². The molecule has 2 aromatic heterocycles. The fourth-order valence-corrected chi connectivity index (χ4v) is 9.14. The average Bonchev–Trinajstić information content (AvgIpc) is 3.89. The van der Waals surface area contributed by atoms with E-state index in [1.54, 1.807) is 0 Å². The molecule has 6 rings (SSSR count). The monoisotopic (exact) mass is 936 g/mol. The number of ether oxygens (including phenoxy) is 2. The third kappa shape index (κ3) is 12.3. The molecule has 0 saturated carbocycles. The van der Waals surface area contributed by atoms with Crippen molar-refractivity contribution in [3.8, 4) is 33.8 Å². The van der Waals surface area contributed by atoms with Gasteiger partial charge in [-0.3, -0.25) is 0 Å². The number of aromatic amines is 2. The number of H-pyrrole nitrogens is 2. The van der Waals surface area contributed by atoms with E-state index in [9.17, 15) is 9.59 Å². The Labute approximate surface area is 372 Å². The molecule has 0 bridgehead atoms. The summed E-state index contributed by atoms with van der Waals surface area (Å²) in [6.07, 6.45) is 2.94. The zero-order valence-corrected chi connectivity index (χ0v) is 40.9. The Morgan fingerprint density at radius 2 is 0.768 bits per heavy atom. The number of halogens is 4. The summed E-state index contributed by atoms with van der Waals surface area (Å²) in [6, 6.07) is 35.7. The summed E-state index contributed by atoms with van der Waals surface area (Å²) in [7, 11) is 0. The van der Waals surface area contributed by atoms with Crippen LogP contribution in [-0.2, 0) is 54.6 Å². The third-order valence-corrected chi connectivity index (χ3v) is 11.4. The average molecular weight is 941 g/mol. The van der Waals surface area contributed by atoms with Crippen molar-refractivity contribution in [2.45, 2.75) is 49.9 Å². The van der Waals surface area contributed by atoms with Crippen molar-refractivity contribution < 1.29 is 105 Å². The smallest absolute Gasteiger partial charge is 1.00 e. The number of benzene rings is 4. The Morgan fingerprint density at radius 3 is 1.02 bits per heavy atom. The zero-order valence-electron chi connectivity index (χ0n) is 31.9. The van der Waals surface area contributed by atoms with Crippen LogP contribution in [0.25, 0.3) is 22.3 Å². The molecule has 10 nitrogen and oxygen atoms in total. The zero-order chi connectivity index (χ0) is 37.6. The van der Waals surface area contributed by atoms with E-state index in [0.29, 0.717) is 59.8 Å². The first-order valence-electron chi connectivity index (χ1n) is 16.8. The van der Waals surface area contributed by atoms with Crippen LogP contribution in [-0.4, -0.2) is 41.9 Å². The Bertz CT molecular complexity index is 1920. The van der Waals surface area contributed by atoms with Gasteiger partial charge in [0.2, 0.25) is 0 Å². The molecule has 2 atom stereocenters. The van der Waals surface area contributed by atoms with Crippen molar-refractivity contribution in [1.82, 2.24) is 30.4 Å². The van der Waals surface area contributed by atoms with Crippen LogP contribution in [0.1, 0.15) is 53.2 Å². The fourth-order valence-electron chi connectivity index (χ4n) is 5.50. The molecule has 0 radical (unpaired) electrons. The number of rotatable bonds is 10. The van der Waals surface area contributed by atoms with Gasteiger partial charge in [0.05, 0.1) is 0 Å². The molecule has 0 saturated heterocycles. The second-order valence-corrected chi connectivity index (χ2v) is 18.6. The Morgan fingerprint density at radius 1 is 0.482 bits per heavy atom. The molecule has 0 fully saturated rings. The summed E-state index contributed by atoms with van der Waals surface area (Å²) < 4.78 is 10.1. The predicted octanol–water partition coefficient (Wildman–Crippen LogP) is -4.25. The summed E-state index contributed by atoms with van der Waals surface area (Å²) >= 11 is 1.11. The molecular formula is C40H40Cl4N6O4Zn2. The van der Waals surface area contributed by atoms with Crippen LogP contribution in [0, 0.1) is 10.8 Å². The first-order valence-corrected chi connectivity index (χ1v) is 19.8. The van der Waals surface area contributed by atoms with Gasteiger partial charge in [0, 0.05) is 0 Å². The fraction of sp³-hybridized carbons (Fsp3) is 0.250. The summed E-state index contributed by atoms with van der Waals surface area (Å²) in [6.45, 7) is 11.3. The van der Waals surface area contributed by atoms with Gasteiger partial charge in [-0.15, -0.1) is 0 Å². The van der Waals surface area contributed by atoms with E-state index in [4.69, 9.17) is 9.47 Å². The van der Waals surface area contributed by atoms with Crippen LogP contribution in [0.2, 0.25) is 0 Å². The molecule has 0 aliphatic carbocycles. The minimum absolute atomic E-state index is 0. The second kappa shape index (κ2) is 21.3. The standard InChI is InChI=1S/2C20H20N3O2.4ClH.2Zn/c2*1-20(2,3)18(24)17(19-21-13-22-23-19)25-16-11-9-15(10-12-16)14-7-5-4-6-8-14;;;;;;/h2*4-13H,1-3H3,(H,21,22,23);4*1H;;/q;;;;;;2*+2/p-4. The number of ketones is 2. The maximum Gasteiger partial charge on any atom is -1.00 e. The van der Waals surface area contributed by atoms with Gasteiger partial charge in [-0.2, -0.15) is 0 Å². The summed E-state index contributed by atoms with van der Waals surface area (Å²) in [5.74, 6) is 1.94. The van der Waals surface area contributed by atoms with Crippen molar-refractivity contribution in [3.05, 3.63) is 133 Å². The molecule has 0 amide bonds. The number of nitrogens with one attached hydrogen (secondary N) is 2. The van der Waals surface area contributed by atoms with Crippen molar-refractivity contribution >= 4 is 11.6 Å². The normalized spacial score (nSPS) is 12.9. The molecule has 0 aliphatic rings. The number of nitrogens with zero attached hydrogens (tertiary/aromatic N) is 4. The number of hydrogen-bond acceptors (Lipinski definition) is 8. The molecule has 2 unspecified atom stereocenters. The van der Waals surface area contributed by atoms with Crippen LogP contribution in [0.3, 0.4) is 0 Å². The topological polar surface area (TPSA) is 136 Å². The number of Topliss-reactive ketones (excluding diaryl/α,β-unsaturated/α-hetero) is 2. The van der Waals surface area contributed by atoms with Gasteiger partial charge >= 0.3 is 326 Å². The summed E-state index contributed by atoms with van der Waals surface area (Å²) in [4.78, 5) is 34.6. The Balaban J connectivity index is 0.000000523. The van der Waals surface area contributed by atoms with Crippen molar-refractivity contribution in [2.24, 2.45) is 10.8 Å². The van der Waals surface area contributed by atoms with Crippen molar-refractivity contribution in [1.29, 1.82) is 0 Å².